The van der Waals surface area contributed by atoms with Crippen molar-refractivity contribution in [3.8, 4) is 22.6 Å². The summed E-state index contributed by atoms with van der Waals surface area (Å²) in [4.78, 5) is 30.2. The highest BCUT2D eigenvalue weighted by atomic mass is 16.6. The Morgan fingerprint density at radius 2 is 1.85 bits per heavy atom. The van der Waals surface area contributed by atoms with Gasteiger partial charge < -0.3 is 4.74 Å². The first-order valence-corrected chi connectivity index (χ1v) is 10.4. The number of nitrogens with one attached hydrogen (secondary N) is 2. The summed E-state index contributed by atoms with van der Waals surface area (Å²) in [6.45, 7) is 7.71. The van der Waals surface area contributed by atoms with E-state index in [0.29, 0.717) is 22.8 Å². The van der Waals surface area contributed by atoms with Gasteiger partial charge in [0, 0.05) is 23.7 Å². The zero-order chi connectivity index (χ0) is 23.5. The zero-order valence-electron chi connectivity index (χ0n) is 18.7. The van der Waals surface area contributed by atoms with E-state index in [2.05, 4.69) is 30.8 Å². The lowest BCUT2D eigenvalue weighted by Crippen LogP contribution is -2.22. The third-order valence-corrected chi connectivity index (χ3v) is 4.97. The number of amides is 1. The number of nitrogens with zero attached hydrogens (tertiary/aromatic N) is 5. The zero-order valence-corrected chi connectivity index (χ0v) is 18.7. The fourth-order valence-electron chi connectivity index (χ4n) is 3.24. The van der Waals surface area contributed by atoms with Crippen molar-refractivity contribution in [2.24, 2.45) is 0 Å². The molecule has 0 spiro atoms. The average molecular weight is 445 g/mol. The highest BCUT2D eigenvalue weighted by Crippen LogP contribution is 2.29. The van der Waals surface area contributed by atoms with E-state index in [1.807, 2.05) is 51.1 Å². The quantitative estimate of drug-likeness (QED) is 0.479. The topological polar surface area (TPSA) is 128 Å². The first-order valence-electron chi connectivity index (χ1n) is 10.4. The van der Waals surface area contributed by atoms with Crippen molar-refractivity contribution in [1.82, 2.24) is 30.2 Å². The van der Waals surface area contributed by atoms with E-state index in [1.54, 1.807) is 23.7 Å². The Bertz CT molecular complexity index is 1360. The Morgan fingerprint density at radius 3 is 2.58 bits per heavy atom. The van der Waals surface area contributed by atoms with Crippen molar-refractivity contribution < 1.29 is 9.53 Å². The summed E-state index contributed by atoms with van der Waals surface area (Å²) in [7, 11) is 0. The van der Waals surface area contributed by atoms with Crippen molar-refractivity contribution in [3.63, 3.8) is 0 Å². The number of tetrazole rings is 1. The number of benzene rings is 2. The summed E-state index contributed by atoms with van der Waals surface area (Å²) in [5.41, 5.74) is 3.58. The number of carbonyl (C=O) groups is 1. The number of hydrogen-bond donors (Lipinski definition) is 2. The van der Waals surface area contributed by atoms with Gasteiger partial charge in [0.05, 0.1) is 5.69 Å². The first kappa shape index (κ1) is 21.9. The van der Waals surface area contributed by atoms with E-state index in [0.717, 1.165) is 16.7 Å². The van der Waals surface area contributed by atoms with Crippen LogP contribution in [0.2, 0.25) is 0 Å². The minimum atomic E-state index is -0.757. The molecule has 10 nitrogen and oxygen atoms in total. The average Bonchev–Trinajstić information content (AvgIpc) is 3.27. The summed E-state index contributed by atoms with van der Waals surface area (Å²) >= 11 is 0. The Balaban J connectivity index is 1.72. The molecule has 2 aromatic carbocycles. The standard InChI is InChI=1S/C23H23N7O3/c1-13(2)21-27-28-29-30(21)18-9-17(16-7-5-14(3)6-8-16)10-19(11-18)33-23(32)26-20-15(4)12-24-22(31)25-20/h5-13H,1-4H3,(H2,24,25,26,31,32). The Morgan fingerprint density at radius 1 is 1.09 bits per heavy atom. The second kappa shape index (κ2) is 9.03. The summed E-state index contributed by atoms with van der Waals surface area (Å²) < 4.78 is 7.19. The summed E-state index contributed by atoms with van der Waals surface area (Å²) in [5.74, 6) is 1.27. The lowest BCUT2D eigenvalue weighted by atomic mass is 10.0. The summed E-state index contributed by atoms with van der Waals surface area (Å²) in [6.07, 6.45) is 0.614. The van der Waals surface area contributed by atoms with Gasteiger partial charge >= 0.3 is 11.8 Å². The molecule has 10 heteroatoms. The molecule has 1 amide bonds. The predicted molar refractivity (Wildman–Crippen MR) is 123 cm³/mol. The van der Waals surface area contributed by atoms with Crippen LogP contribution in [0.25, 0.3) is 16.8 Å². The van der Waals surface area contributed by atoms with E-state index >= 15 is 0 Å². The molecule has 4 rings (SSSR count). The van der Waals surface area contributed by atoms with Crippen molar-refractivity contribution in [3.05, 3.63) is 76.1 Å². The normalized spacial score (nSPS) is 10.9. The molecule has 0 radical (unpaired) electrons. The van der Waals surface area contributed by atoms with Gasteiger partial charge in [0.2, 0.25) is 0 Å². The lowest BCUT2D eigenvalue weighted by Gasteiger charge is -2.13. The number of hydrogen-bond acceptors (Lipinski definition) is 7. The van der Waals surface area contributed by atoms with Crippen molar-refractivity contribution in [1.29, 1.82) is 0 Å². The van der Waals surface area contributed by atoms with Crippen LogP contribution in [0.15, 0.2) is 53.5 Å². The highest BCUT2D eigenvalue weighted by molar-refractivity contribution is 5.86. The molecule has 2 heterocycles. The smallest absolute Gasteiger partial charge is 0.410 e. The maximum absolute atomic E-state index is 12.6. The van der Waals surface area contributed by atoms with E-state index < -0.39 is 11.8 Å². The highest BCUT2D eigenvalue weighted by Gasteiger charge is 2.16. The van der Waals surface area contributed by atoms with Gasteiger partial charge in [-0.05, 0) is 47.5 Å². The second-order valence-corrected chi connectivity index (χ2v) is 7.95. The van der Waals surface area contributed by atoms with Gasteiger partial charge in [-0.15, -0.1) is 5.10 Å². The van der Waals surface area contributed by atoms with Crippen LogP contribution in [-0.2, 0) is 0 Å². The number of aromatic amines is 1. The molecule has 2 aromatic heterocycles. The molecule has 0 saturated heterocycles. The summed E-state index contributed by atoms with van der Waals surface area (Å²) in [5, 5.41) is 14.6. The molecule has 0 unspecified atom stereocenters. The van der Waals surface area contributed by atoms with Crippen LogP contribution in [0.4, 0.5) is 10.6 Å². The molecule has 2 N–H and O–H groups in total. The molecule has 168 valence electrons. The van der Waals surface area contributed by atoms with Crippen LogP contribution < -0.4 is 15.7 Å². The van der Waals surface area contributed by atoms with Crippen LogP contribution in [0.3, 0.4) is 0 Å². The van der Waals surface area contributed by atoms with Gasteiger partial charge in [0.1, 0.15) is 11.6 Å². The minimum absolute atomic E-state index is 0.0854. The third-order valence-electron chi connectivity index (χ3n) is 4.97. The molecule has 0 aliphatic rings. The number of anilines is 1. The summed E-state index contributed by atoms with van der Waals surface area (Å²) in [6, 6.07) is 13.4. The van der Waals surface area contributed by atoms with Crippen LogP contribution in [0.1, 0.15) is 36.7 Å². The minimum Gasteiger partial charge on any atom is -0.410 e. The molecule has 0 bridgehead atoms. The fourth-order valence-corrected chi connectivity index (χ4v) is 3.24. The number of rotatable bonds is 5. The van der Waals surface area contributed by atoms with Gasteiger partial charge in [0.25, 0.3) is 0 Å². The van der Waals surface area contributed by atoms with Gasteiger partial charge in [-0.2, -0.15) is 4.68 Å². The van der Waals surface area contributed by atoms with E-state index in [9.17, 15) is 9.59 Å². The van der Waals surface area contributed by atoms with E-state index in [1.165, 1.54) is 6.20 Å². The molecule has 4 aromatic rings. The molecule has 33 heavy (non-hydrogen) atoms. The molecule has 0 aliphatic carbocycles. The van der Waals surface area contributed by atoms with Crippen LogP contribution in [-0.4, -0.2) is 36.3 Å². The Labute approximate surface area is 189 Å². The third kappa shape index (κ3) is 4.95. The number of ether oxygens (including phenoxy) is 1. The monoisotopic (exact) mass is 445 g/mol. The largest absolute Gasteiger partial charge is 0.418 e. The van der Waals surface area contributed by atoms with Crippen LogP contribution in [0.5, 0.6) is 5.75 Å². The van der Waals surface area contributed by atoms with Gasteiger partial charge in [0.15, 0.2) is 5.82 Å². The van der Waals surface area contributed by atoms with Crippen molar-refractivity contribution in [2.45, 2.75) is 33.6 Å². The van der Waals surface area contributed by atoms with E-state index in [-0.39, 0.29) is 11.7 Å². The number of carbonyl (C=O) groups excluding carboxylic acids is 1. The second-order valence-electron chi connectivity index (χ2n) is 7.95. The van der Waals surface area contributed by atoms with Gasteiger partial charge in [-0.3, -0.25) is 10.3 Å². The first-order chi connectivity index (χ1) is 15.8. The molecular weight excluding hydrogens is 422 g/mol. The molecule has 0 saturated carbocycles. The maximum Gasteiger partial charge on any atom is 0.418 e. The lowest BCUT2D eigenvalue weighted by molar-refractivity contribution is 0.215. The number of aromatic nitrogens is 6. The van der Waals surface area contributed by atoms with Crippen molar-refractivity contribution >= 4 is 11.9 Å². The molecule has 0 atom stereocenters. The predicted octanol–water partition coefficient (Wildman–Crippen LogP) is 3.76. The fraction of sp³-hybridized carbons (Fsp3) is 0.217. The Kier molecular flexibility index (Phi) is 5.99. The van der Waals surface area contributed by atoms with Gasteiger partial charge in [-0.25, -0.2) is 14.6 Å². The van der Waals surface area contributed by atoms with Crippen LogP contribution in [0, 0.1) is 13.8 Å². The van der Waals surface area contributed by atoms with E-state index in [4.69, 9.17) is 4.74 Å². The molecule has 0 fully saturated rings. The molecule has 0 aliphatic heterocycles. The number of H-pyrrole nitrogens is 1. The number of aryl methyl sites for hydroxylation is 2. The van der Waals surface area contributed by atoms with Gasteiger partial charge in [-0.1, -0.05) is 43.7 Å². The Hall–Kier alpha value is -4.34. The maximum atomic E-state index is 12.6. The molecular formula is C23H23N7O3. The van der Waals surface area contributed by atoms with Crippen LogP contribution >= 0.6 is 0 Å². The SMILES string of the molecule is Cc1ccc(-c2cc(OC(=O)Nc3[nH]c(=O)ncc3C)cc(-n3nnnc3C(C)C)c2)cc1. The van der Waals surface area contributed by atoms with Crippen molar-refractivity contribution in [2.75, 3.05) is 5.32 Å².